The van der Waals surface area contributed by atoms with Gasteiger partial charge in [0.25, 0.3) is 0 Å². The molecular weight excluding hydrogens is 427 g/mol. The number of imidazole rings is 1. The van der Waals surface area contributed by atoms with Crippen molar-refractivity contribution in [3.8, 4) is 11.4 Å². The van der Waals surface area contributed by atoms with Crippen LogP contribution in [0.3, 0.4) is 0 Å². The number of carbonyl (C=O) groups excluding carboxylic acids is 1. The van der Waals surface area contributed by atoms with Gasteiger partial charge < -0.3 is 10.3 Å². The van der Waals surface area contributed by atoms with Crippen LogP contribution in [0.5, 0.6) is 0 Å². The van der Waals surface area contributed by atoms with E-state index in [1.165, 1.54) is 6.07 Å². The lowest BCUT2D eigenvalue weighted by Gasteiger charge is -2.24. The van der Waals surface area contributed by atoms with Crippen molar-refractivity contribution in [2.45, 2.75) is 12.6 Å². The molecule has 0 fully saturated rings. The van der Waals surface area contributed by atoms with Crippen LogP contribution in [-0.4, -0.2) is 44.4 Å². The lowest BCUT2D eigenvalue weighted by Crippen LogP contribution is -2.30. The van der Waals surface area contributed by atoms with Crippen molar-refractivity contribution in [3.63, 3.8) is 0 Å². The van der Waals surface area contributed by atoms with Crippen molar-refractivity contribution in [1.29, 1.82) is 0 Å². The Hall–Kier alpha value is -2.85. The molecule has 0 saturated carbocycles. The zero-order valence-corrected chi connectivity index (χ0v) is 17.6. The molecule has 0 bridgehead atoms. The minimum absolute atomic E-state index is 0.0719. The Bertz CT molecular complexity index is 1170. The molecule has 2 aromatic carbocycles. The number of aryl methyl sites for hydroxylation is 1. The van der Waals surface area contributed by atoms with Crippen LogP contribution >= 0.6 is 11.8 Å². The Kier molecular flexibility index (Phi) is 5.76. The summed E-state index contributed by atoms with van der Waals surface area (Å²) in [4.78, 5) is 17.0. The van der Waals surface area contributed by atoms with Gasteiger partial charge in [0, 0.05) is 24.7 Å². The standard InChI is InChI=1S/C21H21F3N5OS/c1-28-17-7-6-13(18-20(30)31-12-29(27-18)9-3-8-25)11-16(17)26-19(28)14-4-2-5-15(10-14)21(22,23)24/h2,4-7,10-11,31H,3,8-9,12,25H2,1H3. The van der Waals surface area contributed by atoms with E-state index in [1.807, 2.05) is 5.01 Å². The van der Waals surface area contributed by atoms with E-state index in [-0.39, 0.29) is 5.12 Å². The molecule has 2 heterocycles. The van der Waals surface area contributed by atoms with E-state index in [2.05, 4.69) is 10.1 Å². The molecular formula is C21H21F3N5OS. The van der Waals surface area contributed by atoms with Gasteiger partial charge in [0.1, 0.15) is 11.5 Å². The molecule has 1 aromatic heterocycles. The Morgan fingerprint density at radius 3 is 2.71 bits per heavy atom. The second kappa shape index (κ2) is 8.35. The summed E-state index contributed by atoms with van der Waals surface area (Å²) < 4.78 is 41.1. The van der Waals surface area contributed by atoms with Crippen LogP contribution in [0.15, 0.2) is 47.6 Å². The summed E-state index contributed by atoms with van der Waals surface area (Å²) in [5.74, 6) is 0.950. The van der Waals surface area contributed by atoms with Gasteiger partial charge in [0.2, 0.25) is 5.12 Å². The molecule has 1 aliphatic heterocycles. The summed E-state index contributed by atoms with van der Waals surface area (Å²) in [6.45, 7) is 1.22. The third-order valence-corrected chi connectivity index (χ3v) is 6.01. The lowest BCUT2D eigenvalue weighted by atomic mass is 10.1. The van der Waals surface area contributed by atoms with E-state index >= 15 is 0 Å². The van der Waals surface area contributed by atoms with Gasteiger partial charge in [0.05, 0.1) is 22.5 Å². The monoisotopic (exact) mass is 448 g/mol. The van der Waals surface area contributed by atoms with Crippen molar-refractivity contribution in [1.82, 2.24) is 14.6 Å². The zero-order chi connectivity index (χ0) is 22.2. The number of hydrogen-bond acceptors (Lipinski definition) is 5. The number of hydrogen-bond donors (Lipinski definition) is 2. The van der Waals surface area contributed by atoms with Crippen LogP contribution in [0.25, 0.3) is 22.4 Å². The maximum Gasteiger partial charge on any atom is 0.416 e. The van der Waals surface area contributed by atoms with Crippen molar-refractivity contribution in [2.75, 3.05) is 19.0 Å². The third-order valence-electron chi connectivity index (χ3n) is 5.04. The normalized spacial score (nSPS) is 14.9. The number of rotatable bonds is 5. The maximum absolute atomic E-state index is 13.1. The largest absolute Gasteiger partial charge is 0.416 e. The fraction of sp³-hybridized carbons (Fsp3) is 0.286. The zero-order valence-electron chi connectivity index (χ0n) is 16.7. The fourth-order valence-corrected chi connectivity index (χ4v) is 4.27. The average molecular weight is 448 g/mol. The van der Waals surface area contributed by atoms with E-state index in [4.69, 9.17) is 5.73 Å². The second-order valence-electron chi connectivity index (χ2n) is 7.20. The SMILES string of the molecule is Cn1c(-c2cccc(C(F)(F)F)c2)nc2cc(C3=NN(CCCN)C[SH]C3=O)ccc21. The first-order valence-corrected chi connectivity index (χ1v) is 10.8. The van der Waals surface area contributed by atoms with E-state index in [9.17, 15) is 18.0 Å². The predicted octanol–water partition coefficient (Wildman–Crippen LogP) is 3.58. The highest BCUT2D eigenvalue weighted by Gasteiger charge is 2.31. The number of carbonyl (C=O) groups is 1. The van der Waals surface area contributed by atoms with E-state index < -0.39 is 11.7 Å². The molecule has 3 aromatic rings. The van der Waals surface area contributed by atoms with Crippen LogP contribution in [-0.2, 0) is 18.0 Å². The quantitative estimate of drug-likeness (QED) is 0.585. The van der Waals surface area contributed by atoms with E-state index in [0.717, 1.165) is 24.1 Å². The lowest BCUT2D eigenvalue weighted by molar-refractivity contribution is -0.137. The van der Waals surface area contributed by atoms with Gasteiger partial charge in [0.15, 0.2) is 0 Å². The minimum atomic E-state index is -4.43. The molecule has 1 aliphatic rings. The molecule has 1 radical (unpaired) electrons. The highest BCUT2D eigenvalue weighted by Crippen LogP contribution is 2.33. The molecule has 163 valence electrons. The number of benzene rings is 2. The molecule has 31 heavy (non-hydrogen) atoms. The number of nitrogens with two attached hydrogens (primary N) is 1. The Morgan fingerprint density at radius 2 is 1.97 bits per heavy atom. The van der Waals surface area contributed by atoms with Gasteiger partial charge in [-0.15, -0.1) is 11.8 Å². The van der Waals surface area contributed by atoms with Gasteiger partial charge in [-0.3, -0.25) is 9.80 Å². The molecule has 0 aliphatic carbocycles. The number of thiol groups is 1. The Labute approximate surface area is 180 Å². The topological polar surface area (TPSA) is 76.5 Å². The predicted molar refractivity (Wildman–Crippen MR) is 117 cm³/mol. The van der Waals surface area contributed by atoms with Crippen molar-refractivity contribution in [3.05, 3.63) is 53.6 Å². The summed E-state index contributed by atoms with van der Waals surface area (Å²) in [5.41, 5.74) is 7.53. The van der Waals surface area contributed by atoms with E-state index in [0.29, 0.717) is 58.9 Å². The van der Waals surface area contributed by atoms with Crippen molar-refractivity contribution >= 4 is 33.6 Å². The molecule has 0 saturated heterocycles. The smallest absolute Gasteiger partial charge is 0.330 e. The number of halogens is 3. The highest BCUT2D eigenvalue weighted by atomic mass is 32.2. The molecule has 6 nitrogen and oxygen atoms in total. The van der Waals surface area contributed by atoms with Crippen molar-refractivity contribution < 1.29 is 18.0 Å². The molecule has 0 amide bonds. The third kappa shape index (κ3) is 4.31. The van der Waals surface area contributed by atoms with Gasteiger partial charge in [-0.25, -0.2) is 4.98 Å². The number of nitrogens with zero attached hydrogens (tertiary/aromatic N) is 4. The molecule has 0 unspecified atom stereocenters. The number of fused-ring (bicyclic) bond motifs is 1. The summed E-state index contributed by atoms with van der Waals surface area (Å²) in [5, 5.41) is 6.25. The molecule has 0 spiro atoms. The Morgan fingerprint density at radius 1 is 1.16 bits per heavy atom. The summed E-state index contributed by atoms with van der Waals surface area (Å²) in [6, 6.07) is 10.4. The summed E-state index contributed by atoms with van der Waals surface area (Å²) >= 11 is 0.642. The number of aromatic nitrogens is 2. The molecule has 0 atom stereocenters. The summed E-state index contributed by atoms with van der Waals surface area (Å²) in [6.07, 6.45) is -3.65. The van der Waals surface area contributed by atoms with Gasteiger partial charge >= 0.3 is 6.18 Å². The van der Waals surface area contributed by atoms with Crippen LogP contribution in [0.4, 0.5) is 13.2 Å². The molecule has 2 N–H and O–H groups in total. The molecule has 4 rings (SSSR count). The van der Waals surface area contributed by atoms with Crippen LogP contribution < -0.4 is 5.73 Å². The van der Waals surface area contributed by atoms with Crippen LogP contribution in [0, 0.1) is 0 Å². The fourth-order valence-electron chi connectivity index (χ4n) is 3.45. The van der Waals surface area contributed by atoms with Gasteiger partial charge in [-0.05, 0) is 37.2 Å². The first kappa shape index (κ1) is 21.4. The Balaban J connectivity index is 1.73. The second-order valence-corrected chi connectivity index (χ2v) is 8.21. The van der Waals surface area contributed by atoms with E-state index in [1.54, 1.807) is 35.9 Å². The molecule has 10 heteroatoms. The first-order valence-electron chi connectivity index (χ1n) is 9.68. The summed E-state index contributed by atoms with van der Waals surface area (Å²) in [7, 11) is 1.75. The van der Waals surface area contributed by atoms with Gasteiger partial charge in [-0.1, -0.05) is 18.2 Å². The maximum atomic E-state index is 13.1. The minimum Gasteiger partial charge on any atom is -0.330 e. The average Bonchev–Trinajstić information content (AvgIpc) is 3.08. The highest BCUT2D eigenvalue weighted by molar-refractivity contribution is 8.15. The first-order chi connectivity index (χ1) is 14.8. The van der Waals surface area contributed by atoms with Crippen molar-refractivity contribution in [2.24, 2.45) is 17.9 Å². The van der Waals surface area contributed by atoms with Crippen LogP contribution in [0.2, 0.25) is 0 Å². The van der Waals surface area contributed by atoms with Crippen LogP contribution in [0.1, 0.15) is 17.5 Å². The van der Waals surface area contributed by atoms with Gasteiger partial charge in [-0.2, -0.15) is 18.3 Å². The number of alkyl halides is 3. The number of hydrazone groups is 1.